The van der Waals surface area contributed by atoms with Crippen LogP contribution in [-0.2, 0) is 9.59 Å². The fourth-order valence-electron chi connectivity index (χ4n) is 1.74. The maximum Gasteiger partial charge on any atom is 0.106 e. The molecule has 1 aromatic rings. The first-order valence-corrected chi connectivity index (χ1v) is 9.91. The lowest BCUT2D eigenvalue weighted by Crippen LogP contribution is -1.89. The summed E-state index contributed by atoms with van der Waals surface area (Å²) in [4.78, 5) is 16.0. The van der Waals surface area contributed by atoms with Gasteiger partial charge in [-0.2, -0.15) is 12.6 Å². The Kier molecular flexibility index (Phi) is 36.4. The van der Waals surface area contributed by atoms with E-state index in [0.29, 0.717) is 15.3 Å². The minimum absolute atomic E-state index is 0.599. The number of carbonyl (C=O) groups excluding carboxylic acids is 2. The van der Waals surface area contributed by atoms with Crippen LogP contribution >= 0.6 is 35.8 Å². The molecule has 0 radical (unpaired) electrons. The topological polar surface area (TPSA) is 34.1 Å². The fraction of sp³-hybridized carbons (Fsp3) is 0.600. The molecule has 0 aromatic heterocycles. The van der Waals surface area contributed by atoms with Gasteiger partial charge in [0.15, 0.2) is 0 Å². The summed E-state index contributed by atoms with van der Waals surface area (Å²) in [6.07, 6.45) is 8.21. The highest BCUT2D eigenvalue weighted by Gasteiger charge is 1.93. The van der Waals surface area contributed by atoms with E-state index in [0.717, 1.165) is 5.56 Å². The zero-order valence-electron chi connectivity index (χ0n) is 16.5. The number of thiol groups is 1. The first-order valence-electron chi connectivity index (χ1n) is 8.64. The third-order valence-corrected chi connectivity index (χ3v) is 3.43. The molecule has 0 amide bonds. The Balaban J connectivity index is -0.000000136. The SMILES string of the molecule is C=O.C=O.CC.CCCCCCCC(C)S.Cc1cc(Cl)cc(Cl)c1. The van der Waals surface area contributed by atoms with Crippen molar-refractivity contribution in [2.45, 2.75) is 78.4 Å². The smallest absolute Gasteiger partial charge is 0.106 e. The Morgan fingerprint density at radius 2 is 1.32 bits per heavy atom. The summed E-state index contributed by atoms with van der Waals surface area (Å²) in [6, 6.07) is 5.46. The van der Waals surface area contributed by atoms with E-state index in [2.05, 4.69) is 26.5 Å². The van der Waals surface area contributed by atoms with E-state index in [1.165, 1.54) is 38.5 Å². The highest BCUT2D eigenvalue weighted by atomic mass is 35.5. The predicted molar refractivity (Wildman–Crippen MR) is 119 cm³/mol. The largest absolute Gasteiger partial charge is 0.307 e. The van der Waals surface area contributed by atoms with Crippen LogP contribution in [0, 0.1) is 6.92 Å². The van der Waals surface area contributed by atoms with Gasteiger partial charge in [-0.15, -0.1) is 0 Å². The number of aryl methyl sites for hydroxylation is 1. The van der Waals surface area contributed by atoms with Crippen molar-refractivity contribution in [2.75, 3.05) is 0 Å². The van der Waals surface area contributed by atoms with E-state index in [9.17, 15) is 0 Å². The van der Waals surface area contributed by atoms with Gasteiger partial charge in [0.2, 0.25) is 0 Å². The second kappa shape index (κ2) is 28.3. The fourth-order valence-corrected chi connectivity index (χ4v) is 2.55. The molecule has 25 heavy (non-hydrogen) atoms. The van der Waals surface area contributed by atoms with Crippen LogP contribution in [0.25, 0.3) is 0 Å². The van der Waals surface area contributed by atoms with Crippen molar-refractivity contribution in [1.29, 1.82) is 0 Å². The normalized spacial score (nSPS) is 9.44. The minimum atomic E-state index is 0.599. The molecule has 0 aliphatic heterocycles. The van der Waals surface area contributed by atoms with Crippen LogP contribution in [0.4, 0.5) is 0 Å². The summed E-state index contributed by atoms with van der Waals surface area (Å²) >= 11 is 15.7. The van der Waals surface area contributed by atoms with E-state index < -0.39 is 0 Å². The number of rotatable bonds is 6. The molecular formula is C20H36Cl2O2S. The molecule has 148 valence electrons. The third kappa shape index (κ3) is 31.7. The molecule has 0 saturated heterocycles. The third-order valence-electron chi connectivity index (χ3n) is 2.73. The lowest BCUT2D eigenvalue weighted by atomic mass is 10.1. The molecule has 1 unspecified atom stereocenters. The second-order valence-corrected chi connectivity index (χ2v) is 6.75. The van der Waals surface area contributed by atoms with Crippen LogP contribution in [0.5, 0.6) is 0 Å². The van der Waals surface area contributed by atoms with Crippen LogP contribution in [-0.4, -0.2) is 18.8 Å². The van der Waals surface area contributed by atoms with Crippen LogP contribution in [0.2, 0.25) is 10.0 Å². The van der Waals surface area contributed by atoms with Crippen molar-refractivity contribution in [3.05, 3.63) is 33.8 Å². The molecular weight excluding hydrogens is 375 g/mol. The number of unbranched alkanes of at least 4 members (excludes halogenated alkanes) is 4. The first kappa shape index (κ1) is 32.2. The Morgan fingerprint density at radius 3 is 1.64 bits per heavy atom. The number of hydrogen-bond acceptors (Lipinski definition) is 3. The van der Waals surface area contributed by atoms with Crippen LogP contribution in [0.3, 0.4) is 0 Å². The van der Waals surface area contributed by atoms with Gasteiger partial charge in [-0.25, -0.2) is 0 Å². The quantitative estimate of drug-likeness (QED) is 0.386. The van der Waals surface area contributed by atoms with E-state index >= 15 is 0 Å². The molecule has 2 nitrogen and oxygen atoms in total. The molecule has 1 rings (SSSR count). The average molecular weight is 411 g/mol. The van der Waals surface area contributed by atoms with E-state index in [1.54, 1.807) is 6.07 Å². The van der Waals surface area contributed by atoms with Gasteiger partial charge in [0, 0.05) is 10.0 Å². The second-order valence-electron chi connectivity index (χ2n) is 5.00. The first-order chi connectivity index (χ1) is 12.0. The van der Waals surface area contributed by atoms with Gasteiger partial charge >= 0.3 is 0 Å². The predicted octanol–water partition coefficient (Wildman–Crippen LogP) is 7.62. The molecule has 0 fully saturated rings. The molecule has 1 aromatic carbocycles. The Morgan fingerprint density at radius 1 is 0.920 bits per heavy atom. The number of benzene rings is 1. The van der Waals surface area contributed by atoms with E-state index in [-0.39, 0.29) is 0 Å². The van der Waals surface area contributed by atoms with Crippen molar-refractivity contribution in [3.8, 4) is 0 Å². The standard InChI is InChI=1S/C9H20S.C7H6Cl2.C2H6.2CH2O/c1-3-4-5-6-7-8-9(2)10;1-5-2-6(8)4-7(9)3-5;3*1-2/h9-10H,3-8H2,1-2H3;2-4H,1H3;1-2H3;2*1H2. The molecule has 1 atom stereocenters. The van der Waals surface area contributed by atoms with Crippen molar-refractivity contribution in [1.82, 2.24) is 0 Å². The monoisotopic (exact) mass is 410 g/mol. The van der Waals surface area contributed by atoms with Crippen LogP contribution in [0.1, 0.15) is 71.8 Å². The minimum Gasteiger partial charge on any atom is -0.307 e. The summed E-state index contributed by atoms with van der Waals surface area (Å²) in [5.74, 6) is 0. The van der Waals surface area contributed by atoms with Gasteiger partial charge in [0.05, 0.1) is 0 Å². The molecule has 0 aliphatic rings. The number of halogens is 2. The van der Waals surface area contributed by atoms with Gasteiger partial charge in [-0.1, -0.05) is 83.0 Å². The lowest BCUT2D eigenvalue weighted by molar-refractivity contribution is -0.0987. The zero-order chi connectivity index (χ0) is 20.7. The number of hydrogen-bond donors (Lipinski definition) is 1. The van der Waals surface area contributed by atoms with Crippen molar-refractivity contribution < 1.29 is 9.59 Å². The Hall–Kier alpha value is -0.510. The van der Waals surface area contributed by atoms with Gasteiger partial charge in [0.25, 0.3) is 0 Å². The summed E-state index contributed by atoms with van der Waals surface area (Å²) in [7, 11) is 0. The Labute approximate surface area is 171 Å². The van der Waals surface area contributed by atoms with Gasteiger partial charge in [-0.05, 0) is 42.4 Å². The molecule has 0 bridgehead atoms. The maximum absolute atomic E-state index is 8.00. The summed E-state index contributed by atoms with van der Waals surface area (Å²) in [5.41, 5.74) is 1.09. The van der Waals surface area contributed by atoms with Gasteiger partial charge < -0.3 is 9.59 Å². The van der Waals surface area contributed by atoms with E-state index in [4.69, 9.17) is 32.8 Å². The van der Waals surface area contributed by atoms with Crippen LogP contribution in [0.15, 0.2) is 18.2 Å². The molecule has 0 aliphatic carbocycles. The lowest BCUT2D eigenvalue weighted by Gasteiger charge is -2.02. The van der Waals surface area contributed by atoms with Gasteiger partial charge in [-0.3, -0.25) is 0 Å². The molecule has 0 spiro atoms. The summed E-state index contributed by atoms with van der Waals surface area (Å²) in [5, 5.41) is 1.99. The zero-order valence-corrected chi connectivity index (χ0v) is 18.9. The highest BCUT2D eigenvalue weighted by molar-refractivity contribution is 7.80. The van der Waals surface area contributed by atoms with Gasteiger partial charge in [0.1, 0.15) is 13.6 Å². The van der Waals surface area contributed by atoms with Crippen molar-refractivity contribution >= 4 is 49.4 Å². The number of carbonyl (C=O) groups is 2. The molecule has 0 saturated carbocycles. The highest BCUT2D eigenvalue weighted by Crippen LogP contribution is 2.17. The van der Waals surface area contributed by atoms with Crippen molar-refractivity contribution in [2.24, 2.45) is 0 Å². The summed E-state index contributed by atoms with van der Waals surface area (Å²) < 4.78 is 0. The average Bonchev–Trinajstić information content (AvgIpc) is 2.59. The van der Waals surface area contributed by atoms with Crippen molar-refractivity contribution in [3.63, 3.8) is 0 Å². The van der Waals surface area contributed by atoms with Crippen LogP contribution < -0.4 is 0 Å². The maximum atomic E-state index is 8.00. The molecule has 0 heterocycles. The summed E-state index contributed by atoms with van der Waals surface area (Å²) in [6.45, 7) is 14.4. The Bertz CT molecular complexity index is 322. The van der Waals surface area contributed by atoms with E-state index in [1.807, 2.05) is 46.5 Å². The molecule has 0 N–H and O–H groups in total. The molecule has 5 heteroatoms.